The molecule has 0 bridgehead atoms. The summed E-state index contributed by atoms with van der Waals surface area (Å²) in [5.41, 5.74) is 4.92. The molecule has 3 aromatic carbocycles. The number of carbonyl (C=O) groups excluding carboxylic acids is 1. The van der Waals surface area contributed by atoms with Gasteiger partial charge in [-0.1, -0.05) is 79.0 Å². The van der Waals surface area contributed by atoms with Crippen LogP contribution in [0.1, 0.15) is 41.8 Å². The van der Waals surface area contributed by atoms with Gasteiger partial charge >= 0.3 is 0 Å². The van der Waals surface area contributed by atoms with Gasteiger partial charge in [0.15, 0.2) is 5.11 Å². The fraction of sp³-hybridized carbons (Fsp3) is 0.273. The van der Waals surface area contributed by atoms with Crippen molar-refractivity contribution in [1.29, 1.82) is 5.26 Å². The average Bonchev–Trinajstić information content (AvgIpc) is 3.42. The summed E-state index contributed by atoms with van der Waals surface area (Å²) in [7, 11) is 0. The monoisotopic (exact) mass is 666 g/mol. The van der Waals surface area contributed by atoms with Gasteiger partial charge in [0.25, 0.3) is 0 Å². The van der Waals surface area contributed by atoms with E-state index in [0.29, 0.717) is 45.4 Å². The number of benzene rings is 3. The van der Waals surface area contributed by atoms with Gasteiger partial charge in [-0.15, -0.1) is 0 Å². The SMILES string of the molecule is Cc1ccc(NC(=S)N(Cc2cccc(Cl)c2Cl)C[C@@H](NC(=O)Cc2cncn2Cc2ccc(C#N)cc2)C(C)C)cc1Cl. The standard InChI is InChI=1S/C33H33Cl3N6OS/c1-21(2)30(40-31(43)14-27-16-38-20-42(27)17-24-10-8-23(15-37)9-11-24)19-41(18-25-5-4-6-28(34)32(25)36)33(44)39-26-12-7-22(3)29(35)13-26/h4-13,16,20-21,30H,14,17-19H2,1-3H3,(H,39,44)(H,40,43)/t30-/m1/s1. The van der Waals surface area contributed by atoms with E-state index in [1.165, 1.54) is 0 Å². The van der Waals surface area contributed by atoms with Crippen LogP contribution in [-0.2, 0) is 24.3 Å². The number of amides is 1. The Morgan fingerprint density at radius 1 is 1.09 bits per heavy atom. The zero-order chi connectivity index (χ0) is 31.8. The van der Waals surface area contributed by atoms with Crippen LogP contribution in [0.5, 0.6) is 0 Å². The van der Waals surface area contributed by atoms with E-state index in [0.717, 1.165) is 28.1 Å². The third-order valence-corrected chi connectivity index (χ3v) is 8.87. The fourth-order valence-corrected chi connectivity index (χ4v) is 5.39. The summed E-state index contributed by atoms with van der Waals surface area (Å²) in [6, 6.07) is 20.4. The predicted octanol–water partition coefficient (Wildman–Crippen LogP) is 7.65. The van der Waals surface area contributed by atoms with Crippen molar-refractivity contribution in [1.82, 2.24) is 19.8 Å². The van der Waals surface area contributed by atoms with E-state index < -0.39 is 0 Å². The molecular weight excluding hydrogens is 635 g/mol. The molecule has 0 saturated heterocycles. The Hall–Kier alpha value is -3.61. The lowest BCUT2D eigenvalue weighted by atomic mass is 10.0. The lowest BCUT2D eigenvalue weighted by molar-refractivity contribution is -0.121. The van der Waals surface area contributed by atoms with E-state index in [1.807, 2.05) is 58.9 Å². The molecule has 0 fully saturated rings. The number of thiocarbonyl (C=S) groups is 1. The second-order valence-corrected chi connectivity index (χ2v) is 12.5. The van der Waals surface area contributed by atoms with Gasteiger partial charge in [-0.05, 0) is 72.1 Å². The number of nitriles is 1. The minimum Gasteiger partial charge on any atom is -0.351 e. The van der Waals surface area contributed by atoms with E-state index in [2.05, 4.69) is 35.5 Å². The number of halogens is 3. The third-order valence-electron chi connectivity index (χ3n) is 7.25. The molecule has 2 N–H and O–H groups in total. The maximum Gasteiger partial charge on any atom is 0.226 e. The zero-order valence-corrected chi connectivity index (χ0v) is 27.7. The molecule has 0 radical (unpaired) electrons. The lowest BCUT2D eigenvalue weighted by Crippen LogP contribution is -2.49. The Balaban J connectivity index is 1.49. The third kappa shape index (κ3) is 8.96. The molecule has 1 aromatic heterocycles. The van der Waals surface area contributed by atoms with Gasteiger partial charge in [0.05, 0.1) is 34.4 Å². The largest absolute Gasteiger partial charge is 0.351 e. The van der Waals surface area contributed by atoms with Gasteiger partial charge in [0, 0.05) is 48.3 Å². The number of carbonyl (C=O) groups is 1. The first kappa shape index (κ1) is 33.3. The van der Waals surface area contributed by atoms with Crippen molar-refractivity contribution < 1.29 is 4.79 Å². The van der Waals surface area contributed by atoms with Crippen molar-refractivity contribution >= 4 is 63.7 Å². The fourth-order valence-electron chi connectivity index (χ4n) is 4.57. The molecule has 0 aliphatic carbocycles. The second-order valence-electron chi connectivity index (χ2n) is 10.9. The molecule has 11 heteroatoms. The van der Waals surface area contributed by atoms with Crippen LogP contribution in [-0.4, -0.2) is 38.1 Å². The van der Waals surface area contributed by atoms with Crippen LogP contribution in [0.25, 0.3) is 0 Å². The summed E-state index contributed by atoms with van der Waals surface area (Å²) in [6.45, 7) is 7.39. The van der Waals surface area contributed by atoms with Gasteiger partial charge < -0.3 is 20.1 Å². The Morgan fingerprint density at radius 2 is 1.84 bits per heavy atom. The number of aryl methyl sites for hydroxylation is 1. The molecule has 0 unspecified atom stereocenters. The van der Waals surface area contributed by atoms with Crippen LogP contribution in [0.3, 0.4) is 0 Å². The minimum absolute atomic E-state index is 0.0939. The molecule has 0 aliphatic rings. The Bertz CT molecular complexity index is 1660. The number of hydrogen-bond donors (Lipinski definition) is 2. The molecule has 4 aromatic rings. The quantitative estimate of drug-likeness (QED) is 0.160. The van der Waals surface area contributed by atoms with E-state index >= 15 is 0 Å². The molecule has 228 valence electrons. The van der Waals surface area contributed by atoms with Crippen LogP contribution in [0.2, 0.25) is 15.1 Å². The lowest BCUT2D eigenvalue weighted by Gasteiger charge is -2.33. The molecule has 4 rings (SSSR count). The number of anilines is 1. The highest BCUT2D eigenvalue weighted by Crippen LogP contribution is 2.27. The maximum atomic E-state index is 13.4. The molecule has 7 nitrogen and oxygen atoms in total. The van der Waals surface area contributed by atoms with Crippen molar-refractivity contribution in [2.24, 2.45) is 5.92 Å². The number of hydrogen-bond acceptors (Lipinski definition) is 4. The molecular formula is C33H33Cl3N6OS. The molecule has 44 heavy (non-hydrogen) atoms. The first-order valence-corrected chi connectivity index (χ1v) is 15.6. The number of nitrogens with zero attached hydrogens (tertiary/aromatic N) is 4. The van der Waals surface area contributed by atoms with Crippen LogP contribution < -0.4 is 10.6 Å². The van der Waals surface area contributed by atoms with Crippen LogP contribution in [0.15, 0.2) is 73.2 Å². The van der Waals surface area contributed by atoms with Crippen LogP contribution in [0.4, 0.5) is 5.69 Å². The smallest absolute Gasteiger partial charge is 0.226 e. The Morgan fingerprint density at radius 3 is 2.52 bits per heavy atom. The molecule has 0 aliphatic heterocycles. The van der Waals surface area contributed by atoms with Gasteiger partial charge in [-0.25, -0.2) is 4.98 Å². The number of nitrogens with one attached hydrogen (secondary N) is 2. The average molecular weight is 668 g/mol. The zero-order valence-electron chi connectivity index (χ0n) is 24.7. The number of imidazole rings is 1. The maximum absolute atomic E-state index is 13.4. The van der Waals surface area contributed by atoms with Crippen molar-refractivity contribution in [3.05, 3.63) is 116 Å². The van der Waals surface area contributed by atoms with E-state index in [9.17, 15) is 4.79 Å². The predicted molar refractivity (Wildman–Crippen MR) is 182 cm³/mol. The van der Waals surface area contributed by atoms with Crippen LogP contribution >= 0.6 is 47.0 Å². The first-order chi connectivity index (χ1) is 21.0. The normalized spacial score (nSPS) is 11.6. The van der Waals surface area contributed by atoms with Crippen molar-refractivity contribution in [3.63, 3.8) is 0 Å². The highest BCUT2D eigenvalue weighted by atomic mass is 35.5. The topological polar surface area (TPSA) is 86.0 Å². The Labute approximate surface area is 278 Å². The Kier molecular flexibility index (Phi) is 11.7. The number of rotatable bonds is 11. The van der Waals surface area contributed by atoms with Crippen molar-refractivity contribution in [3.8, 4) is 6.07 Å². The first-order valence-electron chi connectivity index (χ1n) is 14.1. The second kappa shape index (κ2) is 15.4. The molecule has 0 spiro atoms. The summed E-state index contributed by atoms with van der Waals surface area (Å²) < 4.78 is 1.94. The summed E-state index contributed by atoms with van der Waals surface area (Å²) >= 11 is 25.1. The van der Waals surface area contributed by atoms with Gasteiger partial charge in [-0.2, -0.15) is 5.26 Å². The van der Waals surface area contributed by atoms with Gasteiger partial charge in [0.1, 0.15) is 0 Å². The number of aromatic nitrogens is 2. The summed E-state index contributed by atoms with van der Waals surface area (Å²) in [6.07, 6.45) is 3.57. The molecule has 1 heterocycles. The summed E-state index contributed by atoms with van der Waals surface area (Å²) in [4.78, 5) is 19.6. The van der Waals surface area contributed by atoms with Crippen LogP contribution in [0, 0.1) is 24.2 Å². The molecule has 0 saturated carbocycles. The van der Waals surface area contributed by atoms with E-state index in [4.69, 9.17) is 52.3 Å². The summed E-state index contributed by atoms with van der Waals surface area (Å²) in [5.74, 6) is -0.0355. The van der Waals surface area contributed by atoms with Gasteiger partial charge in [0.2, 0.25) is 5.91 Å². The highest BCUT2D eigenvalue weighted by Gasteiger charge is 2.23. The summed E-state index contributed by atoms with van der Waals surface area (Å²) in [5, 5.41) is 17.6. The molecule has 1 atom stereocenters. The van der Waals surface area contributed by atoms with E-state index in [1.54, 1.807) is 30.7 Å². The minimum atomic E-state index is -0.239. The highest BCUT2D eigenvalue weighted by molar-refractivity contribution is 7.80. The van der Waals surface area contributed by atoms with Crippen molar-refractivity contribution in [2.75, 3.05) is 11.9 Å². The molecule has 1 amide bonds. The van der Waals surface area contributed by atoms with E-state index in [-0.39, 0.29) is 24.3 Å². The van der Waals surface area contributed by atoms with Crippen molar-refractivity contribution in [2.45, 2.75) is 46.3 Å². The van der Waals surface area contributed by atoms with Gasteiger partial charge in [-0.3, -0.25) is 4.79 Å².